The number of benzene rings is 3. The second kappa shape index (κ2) is 11.7. The van der Waals surface area contributed by atoms with Crippen molar-refractivity contribution >= 4 is 5.97 Å². The Balaban J connectivity index is 1.51. The third kappa shape index (κ3) is 5.67. The molecule has 0 N–H and O–H groups in total. The lowest BCUT2D eigenvalue weighted by Crippen LogP contribution is -2.15. The van der Waals surface area contributed by atoms with Gasteiger partial charge in [-0.25, -0.2) is 4.79 Å². The zero-order chi connectivity index (χ0) is 25.5. The molecule has 0 saturated heterocycles. The molecule has 36 heavy (non-hydrogen) atoms. The Labute approximate surface area is 211 Å². The predicted molar refractivity (Wildman–Crippen MR) is 136 cm³/mol. The van der Waals surface area contributed by atoms with Crippen molar-refractivity contribution in [1.29, 1.82) is 0 Å². The Morgan fingerprint density at radius 3 is 1.86 bits per heavy atom. The van der Waals surface area contributed by atoms with E-state index >= 15 is 0 Å². The van der Waals surface area contributed by atoms with E-state index in [1.165, 1.54) is 12.7 Å². The second-order valence-electron chi connectivity index (χ2n) is 8.48. The normalized spacial score (nSPS) is 12.1. The van der Waals surface area contributed by atoms with Crippen LogP contribution in [0.15, 0.2) is 48.5 Å². The van der Waals surface area contributed by atoms with Gasteiger partial charge in [-0.05, 0) is 78.3 Å². The van der Waals surface area contributed by atoms with Gasteiger partial charge in [-0.1, -0.05) is 12.1 Å². The first-order valence-corrected chi connectivity index (χ1v) is 11.9. The third-order valence-electron chi connectivity index (χ3n) is 6.33. The molecule has 190 valence electrons. The summed E-state index contributed by atoms with van der Waals surface area (Å²) in [5.41, 5.74) is 4.84. The van der Waals surface area contributed by atoms with Crippen LogP contribution in [0.2, 0.25) is 0 Å². The Kier molecular flexibility index (Phi) is 8.21. The zero-order valence-electron chi connectivity index (χ0n) is 21.2. The first-order chi connectivity index (χ1) is 17.6. The lowest BCUT2D eigenvalue weighted by molar-refractivity contribution is 0.0597. The highest BCUT2D eigenvalue weighted by Gasteiger charge is 2.16. The minimum absolute atomic E-state index is 0.409. The van der Waals surface area contributed by atoms with Crippen molar-refractivity contribution in [2.75, 3.05) is 41.7 Å². The van der Waals surface area contributed by atoms with E-state index in [2.05, 4.69) is 18.2 Å². The monoisotopic (exact) mass is 492 g/mol. The molecule has 0 fully saturated rings. The van der Waals surface area contributed by atoms with Crippen LogP contribution < -0.4 is 23.7 Å². The van der Waals surface area contributed by atoms with Crippen LogP contribution >= 0.6 is 0 Å². The number of ether oxygens (including phenoxy) is 6. The van der Waals surface area contributed by atoms with Gasteiger partial charge in [0.2, 0.25) is 0 Å². The van der Waals surface area contributed by atoms with Gasteiger partial charge in [0.1, 0.15) is 36.0 Å². The van der Waals surface area contributed by atoms with E-state index < -0.39 is 5.97 Å². The minimum atomic E-state index is -0.419. The molecule has 0 spiro atoms. The summed E-state index contributed by atoms with van der Waals surface area (Å²) >= 11 is 0. The van der Waals surface area contributed by atoms with Gasteiger partial charge in [-0.3, -0.25) is 0 Å². The number of hydrogen-bond acceptors (Lipinski definition) is 7. The van der Waals surface area contributed by atoms with E-state index in [0.717, 1.165) is 65.4 Å². The van der Waals surface area contributed by atoms with E-state index in [1.807, 2.05) is 24.3 Å². The van der Waals surface area contributed by atoms with Gasteiger partial charge >= 0.3 is 5.97 Å². The number of fused-ring (bicyclic) bond motifs is 1. The molecular formula is C29H32O7. The lowest BCUT2D eigenvalue weighted by Gasteiger charge is -2.19. The van der Waals surface area contributed by atoms with Crippen LogP contribution in [0.3, 0.4) is 0 Å². The molecular weight excluding hydrogens is 460 g/mol. The van der Waals surface area contributed by atoms with Crippen LogP contribution in [-0.4, -0.2) is 47.6 Å². The van der Waals surface area contributed by atoms with Gasteiger partial charge in [0, 0.05) is 6.07 Å². The quantitative estimate of drug-likeness (QED) is 0.375. The summed E-state index contributed by atoms with van der Waals surface area (Å²) < 4.78 is 32.9. The maximum absolute atomic E-state index is 12.0. The number of esters is 1. The first-order valence-electron chi connectivity index (χ1n) is 11.9. The highest BCUT2D eigenvalue weighted by molar-refractivity contribution is 5.92. The number of methoxy groups -OCH3 is 4. The highest BCUT2D eigenvalue weighted by atomic mass is 16.6. The van der Waals surface area contributed by atoms with Crippen LogP contribution in [0, 0.1) is 0 Å². The summed E-state index contributed by atoms with van der Waals surface area (Å²) in [6.45, 7) is 1.16. The van der Waals surface area contributed by atoms with E-state index in [-0.39, 0.29) is 0 Å². The van der Waals surface area contributed by atoms with Crippen LogP contribution in [0.5, 0.6) is 28.7 Å². The van der Waals surface area contributed by atoms with E-state index in [9.17, 15) is 4.79 Å². The molecule has 0 aromatic heterocycles. The maximum Gasteiger partial charge on any atom is 0.341 e. The molecule has 4 rings (SSSR count). The Hall–Kier alpha value is -3.87. The van der Waals surface area contributed by atoms with Crippen LogP contribution in [0.25, 0.3) is 0 Å². The molecule has 3 aromatic carbocycles. The number of rotatable bonds is 10. The summed E-state index contributed by atoms with van der Waals surface area (Å²) in [7, 11) is 6.25. The van der Waals surface area contributed by atoms with Crippen molar-refractivity contribution in [3.63, 3.8) is 0 Å². The largest absolute Gasteiger partial charge is 0.496 e. The first kappa shape index (κ1) is 25.2. The number of carbonyl (C=O) groups is 1. The van der Waals surface area contributed by atoms with Gasteiger partial charge in [-0.15, -0.1) is 0 Å². The molecule has 1 aliphatic rings. The Morgan fingerprint density at radius 2 is 1.25 bits per heavy atom. The van der Waals surface area contributed by atoms with Crippen molar-refractivity contribution in [3.05, 3.63) is 76.3 Å². The topological polar surface area (TPSA) is 72.5 Å². The average Bonchev–Trinajstić information content (AvgIpc) is 2.93. The van der Waals surface area contributed by atoms with Crippen molar-refractivity contribution in [2.45, 2.75) is 25.7 Å². The van der Waals surface area contributed by atoms with Gasteiger partial charge in [0.15, 0.2) is 11.5 Å². The fourth-order valence-electron chi connectivity index (χ4n) is 4.40. The summed E-state index contributed by atoms with van der Waals surface area (Å²) in [6, 6.07) is 15.8. The minimum Gasteiger partial charge on any atom is -0.496 e. The molecule has 0 aliphatic carbocycles. The van der Waals surface area contributed by atoms with Crippen molar-refractivity contribution < 1.29 is 33.2 Å². The Morgan fingerprint density at radius 1 is 0.667 bits per heavy atom. The zero-order valence-corrected chi connectivity index (χ0v) is 21.2. The number of carbonyl (C=O) groups excluding carboxylic acids is 1. The molecule has 0 unspecified atom stereocenters. The van der Waals surface area contributed by atoms with Crippen LogP contribution in [0.1, 0.15) is 32.6 Å². The fourth-order valence-corrected chi connectivity index (χ4v) is 4.40. The molecule has 3 aromatic rings. The third-order valence-corrected chi connectivity index (χ3v) is 6.33. The van der Waals surface area contributed by atoms with Gasteiger partial charge in [0.05, 0.1) is 28.4 Å². The van der Waals surface area contributed by atoms with Gasteiger partial charge < -0.3 is 28.4 Å². The summed E-state index contributed by atoms with van der Waals surface area (Å²) in [6.07, 6.45) is 3.15. The van der Waals surface area contributed by atoms with Crippen molar-refractivity contribution in [2.24, 2.45) is 0 Å². The van der Waals surface area contributed by atoms with Crippen LogP contribution in [-0.2, 0) is 30.4 Å². The van der Waals surface area contributed by atoms with E-state index in [4.69, 9.17) is 28.4 Å². The van der Waals surface area contributed by atoms with Crippen molar-refractivity contribution in [1.82, 2.24) is 0 Å². The van der Waals surface area contributed by atoms with Gasteiger partial charge in [-0.2, -0.15) is 0 Å². The predicted octanol–water partition coefficient (Wildman–Crippen LogP) is 4.84. The number of aryl methyl sites for hydroxylation is 4. The van der Waals surface area contributed by atoms with E-state index in [0.29, 0.717) is 24.5 Å². The molecule has 0 amide bonds. The second-order valence-corrected chi connectivity index (χ2v) is 8.48. The number of hydrogen-bond donors (Lipinski definition) is 0. The van der Waals surface area contributed by atoms with Crippen LogP contribution in [0.4, 0.5) is 0 Å². The molecule has 7 nitrogen and oxygen atoms in total. The standard InChI is InChI=1S/C29H32O7/c1-31-25-18-26(32-2)22(10-6-20-8-12-24-28(16-20)36-14-13-35-24)17-21(25)9-5-19-7-11-23(29(30)34-4)27(15-19)33-3/h7-8,11-12,15-18H,5-6,9-10,13-14H2,1-4H3. The SMILES string of the molecule is COC(=O)c1ccc(CCc2cc(CCc3ccc4c(c3)OCCO4)c(OC)cc2OC)cc1OC. The maximum atomic E-state index is 12.0. The molecule has 0 saturated carbocycles. The van der Waals surface area contributed by atoms with Crippen molar-refractivity contribution in [3.8, 4) is 28.7 Å². The fraction of sp³-hybridized carbons (Fsp3) is 0.345. The molecule has 0 atom stereocenters. The molecule has 1 aliphatic heterocycles. The molecule has 1 heterocycles. The highest BCUT2D eigenvalue weighted by Crippen LogP contribution is 2.34. The molecule has 0 bridgehead atoms. The Bertz CT molecular complexity index is 1220. The average molecular weight is 493 g/mol. The molecule has 7 heteroatoms. The summed E-state index contributed by atoms with van der Waals surface area (Å²) in [5.74, 6) is 3.27. The van der Waals surface area contributed by atoms with E-state index in [1.54, 1.807) is 27.4 Å². The smallest absolute Gasteiger partial charge is 0.341 e. The van der Waals surface area contributed by atoms with Gasteiger partial charge in [0.25, 0.3) is 0 Å². The summed E-state index contributed by atoms with van der Waals surface area (Å²) in [5, 5.41) is 0. The molecule has 0 radical (unpaired) electrons. The summed E-state index contributed by atoms with van der Waals surface area (Å²) in [4.78, 5) is 12.0. The lowest BCUT2D eigenvalue weighted by atomic mass is 9.97.